The Hall–Kier alpha value is -4.07. The second-order valence-corrected chi connectivity index (χ2v) is 8.67. The Labute approximate surface area is 201 Å². The molecule has 0 saturated heterocycles. The summed E-state index contributed by atoms with van der Waals surface area (Å²) in [4.78, 5) is 39.3. The molecule has 0 radical (unpaired) electrons. The van der Waals surface area contributed by atoms with Crippen LogP contribution in [0.15, 0.2) is 60.7 Å². The van der Waals surface area contributed by atoms with Crippen LogP contribution in [-0.4, -0.2) is 35.8 Å². The largest absolute Gasteiger partial charge is 0.467 e. The van der Waals surface area contributed by atoms with E-state index in [1.54, 1.807) is 30.3 Å². The van der Waals surface area contributed by atoms with Crippen LogP contribution in [0.1, 0.15) is 40.1 Å². The monoisotopic (exact) mass is 478 g/mol. The SMILES string of the molecule is COC(=O)C(C(C)C)N1Cc2ccc(-c3ccc(NC(=O)c4ccc(F)cc4F)cc3)cc2C1=O. The highest BCUT2D eigenvalue weighted by molar-refractivity contribution is 6.04. The number of methoxy groups -OCH3 is 1. The lowest BCUT2D eigenvalue weighted by atomic mass is 10.00. The Balaban J connectivity index is 1.52. The van der Waals surface area contributed by atoms with Crippen molar-refractivity contribution in [1.29, 1.82) is 0 Å². The van der Waals surface area contributed by atoms with Gasteiger partial charge < -0.3 is 15.0 Å². The lowest BCUT2D eigenvalue weighted by Gasteiger charge is -2.28. The van der Waals surface area contributed by atoms with E-state index < -0.39 is 29.6 Å². The summed E-state index contributed by atoms with van der Waals surface area (Å²) in [6, 6.07) is 14.5. The Morgan fingerprint density at radius 1 is 0.971 bits per heavy atom. The van der Waals surface area contributed by atoms with Gasteiger partial charge in [-0.1, -0.05) is 38.1 Å². The number of hydrogen-bond acceptors (Lipinski definition) is 4. The van der Waals surface area contributed by atoms with E-state index in [1.165, 1.54) is 12.0 Å². The summed E-state index contributed by atoms with van der Waals surface area (Å²) >= 11 is 0. The van der Waals surface area contributed by atoms with Crippen molar-refractivity contribution < 1.29 is 27.9 Å². The van der Waals surface area contributed by atoms with Crippen LogP contribution in [0.3, 0.4) is 0 Å². The van der Waals surface area contributed by atoms with Gasteiger partial charge in [0.15, 0.2) is 0 Å². The number of hydrogen-bond donors (Lipinski definition) is 1. The number of anilines is 1. The van der Waals surface area contributed by atoms with Crippen LogP contribution in [0.2, 0.25) is 0 Å². The van der Waals surface area contributed by atoms with Gasteiger partial charge in [-0.25, -0.2) is 13.6 Å². The zero-order chi connectivity index (χ0) is 25.3. The number of halogens is 2. The van der Waals surface area contributed by atoms with Gasteiger partial charge in [0.25, 0.3) is 11.8 Å². The Morgan fingerprint density at radius 3 is 2.29 bits per heavy atom. The number of nitrogens with one attached hydrogen (secondary N) is 1. The van der Waals surface area contributed by atoms with Gasteiger partial charge in [0, 0.05) is 23.9 Å². The number of nitrogens with zero attached hydrogens (tertiary/aromatic N) is 1. The van der Waals surface area contributed by atoms with E-state index in [-0.39, 0.29) is 17.4 Å². The molecule has 1 atom stereocenters. The average Bonchev–Trinajstić information content (AvgIpc) is 3.14. The van der Waals surface area contributed by atoms with E-state index >= 15 is 0 Å². The molecular formula is C27H24F2N2O4. The van der Waals surface area contributed by atoms with Gasteiger partial charge in [0.1, 0.15) is 17.7 Å². The number of carbonyl (C=O) groups is 3. The van der Waals surface area contributed by atoms with Crippen molar-refractivity contribution in [3.05, 3.63) is 89.0 Å². The number of amides is 2. The maximum atomic E-state index is 13.9. The molecule has 180 valence electrons. The maximum absolute atomic E-state index is 13.9. The van der Waals surface area contributed by atoms with E-state index in [9.17, 15) is 23.2 Å². The first kappa shape index (κ1) is 24.1. The summed E-state index contributed by atoms with van der Waals surface area (Å²) in [7, 11) is 1.31. The van der Waals surface area contributed by atoms with Gasteiger partial charge in [0.05, 0.1) is 12.7 Å². The number of carbonyl (C=O) groups excluding carboxylic acids is 3. The molecule has 4 rings (SSSR count). The second-order valence-electron chi connectivity index (χ2n) is 8.67. The molecule has 1 heterocycles. The standard InChI is InChI=1S/C27H24F2N2O4/c1-15(2)24(27(34)35-3)31-14-18-5-4-17(12-22(18)26(31)33)16-6-9-20(10-7-16)30-25(32)21-11-8-19(28)13-23(21)29/h4-13,15,24H,14H2,1-3H3,(H,30,32). The molecule has 1 aliphatic rings. The summed E-state index contributed by atoms with van der Waals surface area (Å²) in [5, 5.41) is 2.58. The lowest BCUT2D eigenvalue weighted by Crippen LogP contribution is -2.45. The summed E-state index contributed by atoms with van der Waals surface area (Å²) < 4.78 is 31.8. The fourth-order valence-electron chi connectivity index (χ4n) is 4.23. The van der Waals surface area contributed by atoms with E-state index in [1.807, 2.05) is 26.0 Å². The van der Waals surface area contributed by atoms with Gasteiger partial charge in [-0.3, -0.25) is 9.59 Å². The first-order chi connectivity index (χ1) is 16.7. The number of esters is 1. The van der Waals surface area contributed by atoms with Gasteiger partial charge in [-0.2, -0.15) is 0 Å². The normalized spacial score (nSPS) is 13.5. The fourth-order valence-corrected chi connectivity index (χ4v) is 4.23. The lowest BCUT2D eigenvalue weighted by molar-refractivity contribution is -0.147. The molecular weight excluding hydrogens is 454 g/mol. The molecule has 35 heavy (non-hydrogen) atoms. The van der Waals surface area contributed by atoms with E-state index in [4.69, 9.17) is 4.74 Å². The highest BCUT2D eigenvalue weighted by atomic mass is 19.1. The van der Waals surface area contributed by atoms with Crippen molar-refractivity contribution in [3.8, 4) is 11.1 Å². The van der Waals surface area contributed by atoms with Crippen LogP contribution in [0, 0.1) is 17.6 Å². The molecule has 0 aromatic heterocycles. The first-order valence-corrected chi connectivity index (χ1v) is 11.1. The minimum atomic E-state index is -0.942. The zero-order valence-corrected chi connectivity index (χ0v) is 19.5. The predicted molar refractivity (Wildman–Crippen MR) is 127 cm³/mol. The minimum Gasteiger partial charge on any atom is -0.467 e. The van der Waals surface area contributed by atoms with Crippen LogP contribution in [0.4, 0.5) is 14.5 Å². The summed E-state index contributed by atoms with van der Waals surface area (Å²) in [6.07, 6.45) is 0. The zero-order valence-electron chi connectivity index (χ0n) is 19.5. The quantitative estimate of drug-likeness (QED) is 0.504. The average molecular weight is 478 g/mol. The van der Waals surface area contributed by atoms with E-state index in [2.05, 4.69) is 5.32 Å². The second kappa shape index (κ2) is 9.66. The van der Waals surface area contributed by atoms with Crippen molar-refractivity contribution in [2.45, 2.75) is 26.4 Å². The molecule has 0 spiro atoms. The van der Waals surface area contributed by atoms with Gasteiger partial charge in [-0.05, 0) is 52.9 Å². The molecule has 0 aliphatic carbocycles. The van der Waals surface area contributed by atoms with Gasteiger partial charge >= 0.3 is 5.97 Å². The minimum absolute atomic E-state index is 0.105. The number of benzene rings is 3. The third-order valence-corrected chi connectivity index (χ3v) is 6.00. The van der Waals surface area contributed by atoms with Crippen molar-refractivity contribution in [2.75, 3.05) is 12.4 Å². The molecule has 1 N–H and O–H groups in total. The van der Waals surface area contributed by atoms with Crippen molar-refractivity contribution in [2.24, 2.45) is 5.92 Å². The molecule has 3 aromatic rings. The van der Waals surface area contributed by atoms with Gasteiger partial charge in [0.2, 0.25) is 0 Å². The molecule has 2 amide bonds. The smallest absolute Gasteiger partial charge is 0.328 e. The topological polar surface area (TPSA) is 75.7 Å². The highest BCUT2D eigenvalue weighted by Crippen LogP contribution is 2.32. The molecule has 6 nitrogen and oxygen atoms in total. The summed E-state index contributed by atoms with van der Waals surface area (Å²) in [5.74, 6) is -3.17. The third kappa shape index (κ3) is 4.77. The van der Waals surface area contributed by atoms with Crippen LogP contribution >= 0.6 is 0 Å². The molecule has 0 bridgehead atoms. The Morgan fingerprint density at radius 2 is 1.66 bits per heavy atom. The third-order valence-electron chi connectivity index (χ3n) is 6.00. The Kier molecular flexibility index (Phi) is 6.64. The van der Waals surface area contributed by atoms with Crippen molar-refractivity contribution in [3.63, 3.8) is 0 Å². The van der Waals surface area contributed by atoms with Crippen molar-refractivity contribution >= 4 is 23.5 Å². The van der Waals surface area contributed by atoms with Gasteiger partial charge in [-0.15, -0.1) is 0 Å². The van der Waals surface area contributed by atoms with Crippen molar-refractivity contribution in [1.82, 2.24) is 4.90 Å². The van der Waals surface area contributed by atoms with Crippen LogP contribution in [0.25, 0.3) is 11.1 Å². The van der Waals surface area contributed by atoms with Crippen LogP contribution in [-0.2, 0) is 16.1 Å². The Bertz CT molecular complexity index is 1310. The number of rotatable bonds is 6. The molecule has 1 unspecified atom stereocenters. The van der Waals surface area contributed by atoms with E-state index in [0.29, 0.717) is 23.9 Å². The summed E-state index contributed by atoms with van der Waals surface area (Å²) in [5.41, 5.74) is 3.13. The number of fused-ring (bicyclic) bond motifs is 1. The highest BCUT2D eigenvalue weighted by Gasteiger charge is 2.38. The van der Waals surface area contributed by atoms with Crippen LogP contribution in [0.5, 0.6) is 0 Å². The maximum Gasteiger partial charge on any atom is 0.328 e. The fraction of sp³-hybridized carbons (Fsp3) is 0.222. The van der Waals surface area contributed by atoms with Crippen LogP contribution < -0.4 is 5.32 Å². The molecule has 1 aliphatic heterocycles. The first-order valence-electron chi connectivity index (χ1n) is 11.1. The molecule has 0 fully saturated rings. The van der Waals surface area contributed by atoms with E-state index in [0.717, 1.165) is 28.8 Å². The predicted octanol–water partition coefficient (Wildman–Crippen LogP) is 5.04. The summed E-state index contributed by atoms with van der Waals surface area (Å²) in [6.45, 7) is 4.07. The molecule has 0 saturated carbocycles. The number of ether oxygens (including phenoxy) is 1. The molecule has 8 heteroatoms. The molecule has 3 aromatic carbocycles.